The molecule has 4 rings (SSSR count). The van der Waals surface area contributed by atoms with Crippen LogP contribution in [0.3, 0.4) is 0 Å². The molecule has 0 saturated heterocycles. The molecule has 7 heteroatoms. The number of aliphatic hydroxyl groups excluding tert-OH is 1. The zero-order valence-electron chi connectivity index (χ0n) is 16.9. The molecular weight excluding hydrogens is 398 g/mol. The number of hydrogen-bond donors (Lipinski definition) is 1. The lowest BCUT2D eigenvalue weighted by Gasteiger charge is -2.13. The van der Waals surface area contributed by atoms with Crippen molar-refractivity contribution in [3.63, 3.8) is 0 Å². The Morgan fingerprint density at radius 3 is 2.57 bits per heavy atom. The maximum atomic E-state index is 10.4. The minimum atomic E-state index is -0.639. The first-order valence-electron chi connectivity index (χ1n) is 9.61. The molecule has 3 aromatic carbocycles. The van der Waals surface area contributed by atoms with E-state index in [0.717, 1.165) is 38.8 Å². The molecule has 0 spiro atoms. The number of methoxy groups -OCH3 is 1. The number of aromatic nitrogens is 3. The summed E-state index contributed by atoms with van der Waals surface area (Å²) in [6, 6.07) is 21.7. The third-order valence-corrected chi connectivity index (χ3v) is 5.93. The van der Waals surface area contributed by atoms with Crippen LogP contribution in [0.25, 0.3) is 22.2 Å². The van der Waals surface area contributed by atoms with Crippen LogP contribution in [0.4, 0.5) is 0 Å². The van der Waals surface area contributed by atoms with E-state index in [9.17, 15) is 5.11 Å². The van der Waals surface area contributed by atoms with E-state index in [1.165, 1.54) is 11.8 Å². The summed E-state index contributed by atoms with van der Waals surface area (Å²) in [5.41, 5.74) is 0.877. The topological polar surface area (TPSA) is 69.4 Å². The second-order valence-corrected chi connectivity index (χ2v) is 7.81. The Balaban J connectivity index is 1.39. The predicted molar refractivity (Wildman–Crippen MR) is 119 cm³/mol. The standard InChI is InChI=1S/C23H23N3O3S/c1-26-22(19-11-5-6-12-20(19)28-2)24-25-23(26)30-15-17(27)14-29-21-13-7-9-16-8-3-4-10-18(16)21/h3-13,17,27H,14-15H2,1-2H3. The van der Waals surface area contributed by atoms with Gasteiger partial charge in [-0.3, -0.25) is 0 Å². The number of aliphatic hydroxyl groups is 1. The largest absolute Gasteiger partial charge is 0.496 e. The highest BCUT2D eigenvalue weighted by atomic mass is 32.2. The first-order chi connectivity index (χ1) is 14.7. The molecule has 1 heterocycles. The van der Waals surface area contributed by atoms with Gasteiger partial charge in [0.1, 0.15) is 18.1 Å². The van der Waals surface area contributed by atoms with Gasteiger partial charge in [-0.2, -0.15) is 0 Å². The molecule has 1 N–H and O–H groups in total. The quantitative estimate of drug-likeness (QED) is 0.431. The van der Waals surface area contributed by atoms with Crippen LogP contribution in [0.15, 0.2) is 71.9 Å². The molecule has 4 aromatic rings. The van der Waals surface area contributed by atoms with E-state index in [0.29, 0.717) is 5.75 Å². The van der Waals surface area contributed by atoms with Gasteiger partial charge in [-0.25, -0.2) is 0 Å². The zero-order chi connectivity index (χ0) is 20.9. The molecule has 0 aliphatic carbocycles. The van der Waals surface area contributed by atoms with Gasteiger partial charge >= 0.3 is 0 Å². The summed E-state index contributed by atoms with van der Waals surface area (Å²) in [6.07, 6.45) is -0.639. The van der Waals surface area contributed by atoms with Crippen molar-refractivity contribution >= 4 is 22.5 Å². The Morgan fingerprint density at radius 2 is 1.70 bits per heavy atom. The summed E-state index contributed by atoms with van der Waals surface area (Å²) in [6.45, 7) is 0.207. The molecule has 0 fully saturated rings. The Morgan fingerprint density at radius 1 is 0.967 bits per heavy atom. The third kappa shape index (κ3) is 4.27. The lowest BCUT2D eigenvalue weighted by molar-refractivity contribution is 0.127. The molecule has 1 aromatic heterocycles. The monoisotopic (exact) mass is 421 g/mol. The van der Waals surface area contributed by atoms with E-state index >= 15 is 0 Å². The van der Waals surface area contributed by atoms with Crippen LogP contribution in [-0.2, 0) is 7.05 Å². The lowest BCUT2D eigenvalue weighted by Crippen LogP contribution is -2.20. The van der Waals surface area contributed by atoms with Crippen LogP contribution >= 0.6 is 11.8 Å². The van der Waals surface area contributed by atoms with Crippen molar-refractivity contribution in [2.75, 3.05) is 19.5 Å². The normalized spacial score (nSPS) is 12.1. The van der Waals surface area contributed by atoms with Crippen molar-refractivity contribution in [2.24, 2.45) is 7.05 Å². The van der Waals surface area contributed by atoms with E-state index in [2.05, 4.69) is 10.2 Å². The van der Waals surface area contributed by atoms with Crippen molar-refractivity contribution in [3.05, 3.63) is 66.7 Å². The van der Waals surface area contributed by atoms with Crippen LogP contribution in [0.5, 0.6) is 11.5 Å². The van der Waals surface area contributed by atoms with Crippen LogP contribution in [0.2, 0.25) is 0 Å². The summed E-state index contributed by atoms with van der Waals surface area (Å²) in [5, 5.41) is 21.9. The minimum Gasteiger partial charge on any atom is -0.496 e. The summed E-state index contributed by atoms with van der Waals surface area (Å²) in [7, 11) is 3.54. The molecule has 1 unspecified atom stereocenters. The van der Waals surface area contributed by atoms with Crippen molar-refractivity contribution in [1.82, 2.24) is 14.8 Å². The van der Waals surface area contributed by atoms with Gasteiger partial charge in [-0.15, -0.1) is 10.2 Å². The third-order valence-electron chi connectivity index (χ3n) is 4.77. The summed E-state index contributed by atoms with van der Waals surface area (Å²) >= 11 is 1.44. The molecule has 0 saturated carbocycles. The molecule has 0 bridgehead atoms. The number of hydrogen-bond acceptors (Lipinski definition) is 6. The van der Waals surface area contributed by atoms with Gasteiger partial charge < -0.3 is 19.1 Å². The van der Waals surface area contributed by atoms with Crippen LogP contribution in [0, 0.1) is 0 Å². The molecule has 154 valence electrons. The second kappa shape index (κ2) is 9.19. The van der Waals surface area contributed by atoms with Crippen molar-refractivity contribution in [2.45, 2.75) is 11.3 Å². The van der Waals surface area contributed by atoms with Gasteiger partial charge in [0.2, 0.25) is 0 Å². The lowest BCUT2D eigenvalue weighted by atomic mass is 10.1. The number of para-hydroxylation sites is 1. The molecule has 0 amide bonds. The fourth-order valence-corrected chi connectivity index (χ4v) is 4.05. The van der Waals surface area contributed by atoms with Gasteiger partial charge in [-0.1, -0.05) is 60.3 Å². The highest BCUT2D eigenvalue weighted by Gasteiger charge is 2.16. The number of thioether (sulfide) groups is 1. The number of rotatable bonds is 8. The van der Waals surface area contributed by atoms with Crippen LogP contribution in [0.1, 0.15) is 0 Å². The molecule has 1 atom stereocenters. The van der Waals surface area contributed by atoms with Gasteiger partial charge in [0, 0.05) is 18.2 Å². The second-order valence-electron chi connectivity index (χ2n) is 6.82. The highest BCUT2D eigenvalue weighted by molar-refractivity contribution is 7.99. The summed E-state index contributed by atoms with van der Waals surface area (Å²) in [4.78, 5) is 0. The van der Waals surface area contributed by atoms with Crippen LogP contribution < -0.4 is 9.47 Å². The fourth-order valence-electron chi connectivity index (χ4n) is 3.23. The minimum absolute atomic E-state index is 0.207. The molecule has 6 nitrogen and oxygen atoms in total. The van der Waals surface area contributed by atoms with Gasteiger partial charge in [0.15, 0.2) is 11.0 Å². The number of ether oxygens (including phenoxy) is 2. The van der Waals surface area contributed by atoms with Crippen molar-refractivity contribution < 1.29 is 14.6 Å². The van der Waals surface area contributed by atoms with E-state index in [-0.39, 0.29) is 6.61 Å². The summed E-state index contributed by atoms with van der Waals surface area (Å²) < 4.78 is 13.2. The van der Waals surface area contributed by atoms with Crippen molar-refractivity contribution in [3.8, 4) is 22.9 Å². The molecule has 30 heavy (non-hydrogen) atoms. The number of benzene rings is 3. The average molecular weight is 422 g/mol. The highest BCUT2D eigenvalue weighted by Crippen LogP contribution is 2.30. The molecule has 0 aliphatic heterocycles. The van der Waals surface area contributed by atoms with Gasteiger partial charge in [0.25, 0.3) is 0 Å². The smallest absolute Gasteiger partial charge is 0.191 e. The fraction of sp³-hybridized carbons (Fsp3) is 0.217. The van der Waals surface area contributed by atoms with Crippen LogP contribution in [-0.4, -0.2) is 45.4 Å². The average Bonchev–Trinajstić information content (AvgIpc) is 3.16. The molecule has 0 radical (unpaired) electrons. The van der Waals surface area contributed by atoms with E-state index < -0.39 is 6.10 Å². The van der Waals surface area contributed by atoms with Gasteiger partial charge in [-0.05, 0) is 23.6 Å². The summed E-state index contributed by atoms with van der Waals surface area (Å²) in [5.74, 6) is 2.68. The first-order valence-corrected chi connectivity index (χ1v) is 10.6. The number of fused-ring (bicyclic) bond motifs is 1. The SMILES string of the molecule is COc1ccccc1-c1nnc(SCC(O)COc2cccc3ccccc23)n1C. The maximum Gasteiger partial charge on any atom is 0.191 e. The molecule has 0 aliphatic rings. The molecular formula is C23H23N3O3S. The Kier molecular flexibility index (Phi) is 6.21. The Labute approximate surface area is 179 Å². The first kappa shape index (κ1) is 20.3. The van der Waals surface area contributed by atoms with E-state index in [1.807, 2.05) is 78.3 Å². The van der Waals surface area contributed by atoms with Crippen molar-refractivity contribution in [1.29, 1.82) is 0 Å². The Hall–Kier alpha value is -3.03. The predicted octanol–water partition coefficient (Wildman–Crippen LogP) is 4.18. The zero-order valence-corrected chi connectivity index (χ0v) is 17.7. The maximum absolute atomic E-state index is 10.4. The van der Waals surface area contributed by atoms with Gasteiger partial charge in [0.05, 0.1) is 18.8 Å². The van der Waals surface area contributed by atoms with E-state index in [1.54, 1.807) is 7.11 Å². The Bertz CT molecular complexity index is 1140. The number of nitrogens with zero attached hydrogens (tertiary/aromatic N) is 3. The van der Waals surface area contributed by atoms with E-state index in [4.69, 9.17) is 9.47 Å².